The summed E-state index contributed by atoms with van der Waals surface area (Å²) in [6.07, 6.45) is 3.91. The van der Waals surface area contributed by atoms with Crippen molar-refractivity contribution in [2.24, 2.45) is 11.8 Å². The zero-order valence-corrected chi connectivity index (χ0v) is 22.1. The lowest BCUT2D eigenvalue weighted by Gasteiger charge is -2.33. The Morgan fingerprint density at radius 2 is 1.84 bits per heavy atom. The summed E-state index contributed by atoms with van der Waals surface area (Å²) < 4.78 is 36.2. The van der Waals surface area contributed by atoms with Gasteiger partial charge >= 0.3 is 6.29 Å². The molecule has 37 heavy (non-hydrogen) atoms. The lowest BCUT2D eigenvalue weighted by molar-refractivity contribution is -0.286. The number of nitrogens with zero attached hydrogens (tertiary/aromatic N) is 2. The molecule has 194 valence electrons. The molecule has 0 radical (unpaired) electrons. The largest absolute Gasteiger partial charge is 0.586 e. The van der Waals surface area contributed by atoms with Crippen LogP contribution < -0.4 is 9.47 Å². The summed E-state index contributed by atoms with van der Waals surface area (Å²) in [6, 6.07) is 11.8. The SMILES string of the molecule is CC1CCCN(C(C)c2ccc(-c3cnc4[nH]cc(-c5ccc6c(c5)OC(F)(F)O6)c4c3)s2)CCC1C. The van der Waals surface area contributed by atoms with Crippen LogP contribution in [0.2, 0.25) is 0 Å². The van der Waals surface area contributed by atoms with Gasteiger partial charge in [0.25, 0.3) is 0 Å². The zero-order valence-electron chi connectivity index (χ0n) is 21.3. The lowest BCUT2D eigenvalue weighted by atomic mass is 9.87. The topological polar surface area (TPSA) is 50.4 Å². The zero-order chi connectivity index (χ0) is 25.7. The molecular formula is C29H31F2N3O2S. The number of hydrogen-bond donors (Lipinski definition) is 1. The van der Waals surface area contributed by atoms with Crippen molar-refractivity contribution in [1.82, 2.24) is 14.9 Å². The quantitative estimate of drug-likeness (QED) is 0.294. The van der Waals surface area contributed by atoms with Crippen molar-refractivity contribution < 1.29 is 18.3 Å². The van der Waals surface area contributed by atoms with E-state index in [1.807, 2.05) is 23.7 Å². The first-order valence-electron chi connectivity index (χ1n) is 13.0. The molecule has 3 unspecified atom stereocenters. The van der Waals surface area contributed by atoms with Crippen LogP contribution in [-0.2, 0) is 0 Å². The number of pyridine rings is 1. The minimum Gasteiger partial charge on any atom is -0.395 e. The highest BCUT2D eigenvalue weighted by atomic mass is 32.1. The molecule has 3 atom stereocenters. The van der Waals surface area contributed by atoms with Crippen molar-refractivity contribution in [2.45, 2.75) is 52.4 Å². The van der Waals surface area contributed by atoms with E-state index in [2.05, 4.69) is 63.3 Å². The first kappa shape index (κ1) is 24.4. The maximum Gasteiger partial charge on any atom is 0.586 e. The number of halogens is 2. The number of fused-ring (bicyclic) bond motifs is 2. The van der Waals surface area contributed by atoms with Gasteiger partial charge in [-0.05, 0) is 87.0 Å². The van der Waals surface area contributed by atoms with Crippen LogP contribution in [0.15, 0.2) is 48.8 Å². The van der Waals surface area contributed by atoms with E-state index in [9.17, 15) is 8.78 Å². The number of aromatic amines is 1. The van der Waals surface area contributed by atoms with Crippen molar-refractivity contribution in [3.05, 3.63) is 53.7 Å². The Kier molecular flexibility index (Phi) is 6.19. The van der Waals surface area contributed by atoms with Crippen LogP contribution in [-0.4, -0.2) is 34.3 Å². The molecule has 3 aromatic heterocycles. The highest BCUT2D eigenvalue weighted by molar-refractivity contribution is 7.15. The van der Waals surface area contributed by atoms with Crippen LogP contribution in [0.1, 0.15) is 51.0 Å². The molecule has 0 aliphatic carbocycles. The summed E-state index contributed by atoms with van der Waals surface area (Å²) in [7, 11) is 0. The van der Waals surface area contributed by atoms with Gasteiger partial charge in [-0.1, -0.05) is 19.9 Å². The lowest BCUT2D eigenvalue weighted by Crippen LogP contribution is -2.32. The third-order valence-corrected chi connectivity index (χ3v) is 9.37. The predicted octanol–water partition coefficient (Wildman–Crippen LogP) is 8.10. The highest BCUT2D eigenvalue weighted by Gasteiger charge is 2.43. The Bertz CT molecular complexity index is 1430. The van der Waals surface area contributed by atoms with Crippen LogP contribution >= 0.6 is 11.3 Å². The number of ether oxygens (including phenoxy) is 2. The standard InChI is InChI=1S/C29H31F2N3O2S/c1-17-5-4-11-34(12-10-18(17)2)19(3)26-8-9-27(37-26)21-13-22-23(16-33-28(22)32-15-21)20-6-7-24-25(14-20)36-29(30,31)35-24/h6-9,13-19H,4-5,10-12H2,1-3H3,(H,32,33). The molecule has 6 rings (SSSR count). The van der Waals surface area contributed by atoms with E-state index in [1.165, 1.54) is 35.1 Å². The molecule has 5 nitrogen and oxygen atoms in total. The Morgan fingerprint density at radius 3 is 2.70 bits per heavy atom. The Morgan fingerprint density at radius 1 is 1.03 bits per heavy atom. The summed E-state index contributed by atoms with van der Waals surface area (Å²) >= 11 is 1.82. The molecule has 0 spiro atoms. The molecule has 4 aromatic rings. The van der Waals surface area contributed by atoms with Gasteiger partial charge in [-0.25, -0.2) is 4.98 Å². The molecule has 1 N–H and O–H groups in total. The second-order valence-corrected chi connectivity index (χ2v) is 11.6. The molecule has 0 amide bonds. The van der Waals surface area contributed by atoms with Gasteiger partial charge in [-0.2, -0.15) is 0 Å². The van der Waals surface area contributed by atoms with Gasteiger partial charge in [-0.3, -0.25) is 4.90 Å². The maximum atomic E-state index is 13.5. The molecule has 0 bridgehead atoms. The average molecular weight is 524 g/mol. The second kappa shape index (κ2) is 9.40. The van der Waals surface area contributed by atoms with Crippen LogP contribution in [0, 0.1) is 11.8 Å². The van der Waals surface area contributed by atoms with Gasteiger partial charge in [-0.15, -0.1) is 20.1 Å². The van der Waals surface area contributed by atoms with Gasteiger partial charge in [0.2, 0.25) is 0 Å². The van der Waals surface area contributed by atoms with E-state index in [0.717, 1.165) is 52.6 Å². The molecule has 5 heterocycles. The van der Waals surface area contributed by atoms with Gasteiger partial charge in [0.05, 0.1) is 0 Å². The molecule has 1 saturated heterocycles. The number of nitrogens with one attached hydrogen (secondary N) is 1. The second-order valence-electron chi connectivity index (χ2n) is 10.5. The fourth-order valence-corrected chi connectivity index (χ4v) is 6.54. The van der Waals surface area contributed by atoms with Gasteiger partial charge < -0.3 is 14.5 Å². The molecule has 1 aromatic carbocycles. The van der Waals surface area contributed by atoms with Crippen LogP contribution in [0.5, 0.6) is 11.5 Å². The van der Waals surface area contributed by atoms with Crippen LogP contribution in [0.25, 0.3) is 32.6 Å². The number of aromatic nitrogens is 2. The van der Waals surface area contributed by atoms with E-state index in [0.29, 0.717) is 6.04 Å². The molecule has 8 heteroatoms. The molecular weight excluding hydrogens is 492 g/mol. The third kappa shape index (κ3) is 4.73. The number of benzene rings is 1. The van der Waals surface area contributed by atoms with Gasteiger partial charge in [0.1, 0.15) is 5.65 Å². The van der Waals surface area contributed by atoms with Crippen molar-refractivity contribution in [1.29, 1.82) is 0 Å². The summed E-state index contributed by atoms with van der Waals surface area (Å²) in [4.78, 5) is 13.0. The Hall–Kier alpha value is -2.97. The molecule has 0 saturated carbocycles. The van der Waals surface area contributed by atoms with Gasteiger partial charge in [0, 0.05) is 44.7 Å². The predicted molar refractivity (Wildman–Crippen MR) is 143 cm³/mol. The first-order valence-corrected chi connectivity index (χ1v) is 13.8. The van der Waals surface area contributed by atoms with Crippen molar-refractivity contribution >= 4 is 22.4 Å². The highest BCUT2D eigenvalue weighted by Crippen LogP contribution is 2.44. The number of likely N-dealkylation sites (tertiary alicyclic amines) is 1. The van der Waals surface area contributed by atoms with E-state index in [4.69, 9.17) is 0 Å². The monoisotopic (exact) mass is 523 g/mol. The normalized spacial score (nSPS) is 22.6. The van der Waals surface area contributed by atoms with E-state index >= 15 is 0 Å². The minimum absolute atomic E-state index is 0.0333. The molecule has 2 aliphatic heterocycles. The minimum atomic E-state index is -3.63. The number of thiophene rings is 1. The Balaban J connectivity index is 1.26. The van der Waals surface area contributed by atoms with E-state index < -0.39 is 6.29 Å². The number of alkyl halides is 2. The van der Waals surface area contributed by atoms with E-state index in [1.54, 1.807) is 12.1 Å². The third-order valence-electron chi connectivity index (χ3n) is 8.06. The summed E-state index contributed by atoms with van der Waals surface area (Å²) in [5.74, 6) is 1.65. The fourth-order valence-electron chi connectivity index (χ4n) is 5.46. The maximum absolute atomic E-state index is 13.5. The van der Waals surface area contributed by atoms with Crippen molar-refractivity contribution in [3.63, 3.8) is 0 Å². The number of H-pyrrole nitrogens is 1. The number of hydrogen-bond acceptors (Lipinski definition) is 5. The number of rotatable bonds is 4. The smallest absolute Gasteiger partial charge is 0.395 e. The van der Waals surface area contributed by atoms with Gasteiger partial charge in [0.15, 0.2) is 11.5 Å². The van der Waals surface area contributed by atoms with Crippen LogP contribution in [0.3, 0.4) is 0 Å². The van der Waals surface area contributed by atoms with Crippen LogP contribution in [0.4, 0.5) is 8.78 Å². The average Bonchev–Trinajstić information content (AvgIpc) is 3.59. The fraction of sp³-hybridized carbons (Fsp3) is 0.414. The first-order chi connectivity index (χ1) is 17.8. The Labute approximate surface area is 219 Å². The molecule has 1 fully saturated rings. The summed E-state index contributed by atoms with van der Waals surface area (Å²) in [6.45, 7) is 9.38. The molecule has 2 aliphatic rings. The summed E-state index contributed by atoms with van der Waals surface area (Å²) in [5, 5.41) is 0.929. The summed E-state index contributed by atoms with van der Waals surface area (Å²) in [5.41, 5.74) is 3.42. The van der Waals surface area contributed by atoms with E-state index in [-0.39, 0.29) is 11.5 Å². The van der Waals surface area contributed by atoms with Crippen molar-refractivity contribution in [2.75, 3.05) is 13.1 Å². The van der Waals surface area contributed by atoms with Crippen molar-refractivity contribution in [3.8, 4) is 33.1 Å².